The van der Waals surface area contributed by atoms with Crippen molar-refractivity contribution < 1.29 is 13.2 Å². The van der Waals surface area contributed by atoms with Crippen molar-refractivity contribution in [3.05, 3.63) is 23.8 Å². The number of rotatable bonds is 2. The van der Waals surface area contributed by atoms with Gasteiger partial charge in [-0.3, -0.25) is 10.6 Å². The van der Waals surface area contributed by atoms with Gasteiger partial charge in [0.05, 0.1) is 11.7 Å². The summed E-state index contributed by atoms with van der Waals surface area (Å²) in [7, 11) is 0. The van der Waals surface area contributed by atoms with Gasteiger partial charge in [-0.05, 0) is 19.4 Å². The zero-order valence-electron chi connectivity index (χ0n) is 10.1. The van der Waals surface area contributed by atoms with Crippen LogP contribution in [0.1, 0.15) is 12.8 Å². The molecule has 102 valence electrons. The molecule has 18 heavy (non-hydrogen) atoms. The molecule has 3 N–H and O–H groups in total. The van der Waals surface area contributed by atoms with E-state index in [0.29, 0.717) is 6.04 Å². The molecule has 6 heteroatoms. The highest BCUT2D eigenvalue weighted by atomic mass is 19.4. The standard InChI is InChI=1S/C12H18F3N3/c13-12(14,15)9-3-4-11(17-7-5-9)18-10-2-1-6-16-8-10/h3-5,10-11,16-18H,1-2,6-8H2/t10-,11?/m1/s1. The summed E-state index contributed by atoms with van der Waals surface area (Å²) in [6.45, 7) is 2.11. The Balaban J connectivity index is 1.89. The molecule has 0 aromatic rings. The molecule has 2 aliphatic rings. The van der Waals surface area contributed by atoms with Gasteiger partial charge >= 0.3 is 6.18 Å². The van der Waals surface area contributed by atoms with Crippen LogP contribution >= 0.6 is 0 Å². The fourth-order valence-corrected chi connectivity index (χ4v) is 2.20. The predicted octanol–water partition coefficient (Wildman–Crippen LogP) is 1.30. The van der Waals surface area contributed by atoms with Crippen LogP contribution in [0, 0.1) is 0 Å². The van der Waals surface area contributed by atoms with Crippen molar-refractivity contribution in [2.45, 2.75) is 31.2 Å². The summed E-state index contributed by atoms with van der Waals surface area (Å²) in [5, 5.41) is 9.60. The molecular formula is C12H18F3N3. The van der Waals surface area contributed by atoms with E-state index in [1.807, 2.05) is 0 Å². The highest BCUT2D eigenvalue weighted by molar-refractivity contribution is 5.27. The summed E-state index contributed by atoms with van der Waals surface area (Å²) in [5.74, 6) is 0. The lowest BCUT2D eigenvalue weighted by atomic mass is 10.1. The van der Waals surface area contributed by atoms with Crippen LogP contribution < -0.4 is 16.0 Å². The zero-order valence-corrected chi connectivity index (χ0v) is 10.1. The van der Waals surface area contributed by atoms with Crippen LogP contribution in [0.3, 0.4) is 0 Å². The van der Waals surface area contributed by atoms with Gasteiger partial charge in [0.1, 0.15) is 0 Å². The van der Waals surface area contributed by atoms with E-state index in [9.17, 15) is 13.2 Å². The molecule has 2 rings (SSSR count). The van der Waals surface area contributed by atoms with Crippen LogP contribution in [0.25, 0.3) is 0 Å². The Bertz CT molecular complexity index is 330. The van der Waals surface area contributed by atoms with E-state index in [1.165, 1.54) is 6.08 Å². The van der Waals surface area contributed by atoms with Crippen LogP contribution in [-0.2, 0) is 0 Å². The molecule has 0 aromatic carbocycles. The monoisotopic (exact) mass is 261 g/mol. The first-order chi connectivity index (χ1) is 8.55. The van der Waals surface area contributed by atoms with Gasteiger partial charge in [0.2, 0.25) is 0 Å². The largest absolute Gasteiger partial charge is 0.416 e. The molecule has 2 atom stereocenters. The summed E-state index contributed by atoms with van der Waals surface area (Å²) < 4.78 is 37.6. The number of piperidine rings is 1. The first kappa shape index (κ1) is 13.6. The van der Waals surface area contributed by atoms with Crippen LogP contribution in [-0.4, -0.2) is 38.0 Å². The Hall–Kier alpha value is -0.850. The minimum Gasteiger partial charge on any atom is -0.315 e. The first-order valence-electron chi connectivity index (χ1n) is 6.21. The van der Waals surface area contributed by atoms with Crippen molar-refractivity contribution in [2.75, 3.05) is 19.6 Å². The van der Waals surface area contributed by atoms with Crippen molar-refractivity contribution in [1.82, 2.24) is 16.0 Å². The molecule has 1 fully saturated rings. The lowest BCUT2D eigenvalue weighted by Crippen LogP contribution is -2.51. The lowest BCUT2D eigenvalue weighted by molar-refractivity contribution is -0.0883. The third-order valence-corrected chi connectivity index (χ3v) is 3.17. The fraction of sp³-hybridized carbons (Fsp3) is 0.667. The first-order valence-corrected chi connectivity index (χ1v) is 6.21. The second-order valence-electron chi connectivity index (χ2n) is 4.61. The van der Waals surface area contributed by atoms with Gasteiger partial charge in [-0.25, -0.2) is 0 Å². The van der Waals surface area contributed by atoms with Gasteiger partial charge in [0.15, 0.2) is 0 Å². The minimum atomic E-state index is -4.26. The predicted molar refractivity (Wildman–Crippen MR) is 64.1 cm³/mol. The second-order valence-corrected chi connectivity index (χ2v) is 4.61. The van der Waals surface area contributed by atoms with Gasteiger partial charge < -0.3 is 5.32 Å². The molecule has 0 radical (unpaired) electrons. The summed E-state index contributed by atoms with van der Waals surface area (Å²) in [6, 6.07) is 0.313. The van der Waals surface area contributed by atoms with Crippen LogP contribution in [0.4, 0.5) is 13.2 Å². The molecule has 0 aromatic heterocycles. The number of hydrogen-bond acceptors (Lipinski definition) is 3. The third-order valence-electron chi connectivity index (χ3n) is 3.17. The number of hydrogen-bond donors (Lipinski definition) is 3. The van der Waals surface area contributed by atoms with E-state index in [4.69, 9.17) is 0 Å². The van der Waals surface area contributed by atoms with E-state index in [2.05, 4.69) is 16.0 Å². The molecule has 2 heterocycles. The molecule has 0 aliphatic carbocycles. The molecule has 0 bridgehead atoms. The molecule has 1 unspecified atom stereocenters. The maximum Gasteiger partial charge on any atom is 0.416 e. The van der Waals surface area contributed by atoms with E-state index in [-0.39, 0.29) is 12.7 Å². The summed E-state index contributed by atoms with van der Waals surface area (Å²) >= 11 is 0. The smallest absolute Gasteiger partial charge is 0.315 e. The van der Waals surface area contributed by atoms with E-state index in [0.717, 1.165) is 32.0 Å². The van der Waals surface area contributed by atoms with E-state index >= 15 is 0 Å². The van der Waals surface area contributed by atoms with Gasteiger partial charge in [-0.15, -0.1) is 0 Å². The van der Waals surface area contributed by atoms with Crippen molar-refractivity contribution in [3.63, 3.8) is 0 Å². The lowest BCUT2D eigenvalue weighted by Gasteiger charge is -2.27. The Morgan fingerprint density at radius 1 is 1.33 bits per heavy atom. The quantitative estimate of drug-likeness (QED) is 0.701. The topological polar surface area (TPSA) is 36.1 Å². The normalized spacial score (nSPS) is 29.8. The number of nitrogens with one attached hydrogen (secondary N) is 3. The van der Waals surface area contributed by atoms with Crippen LogP contribution in [0.5, 0.6) is 0 Å². The zero-order chi connectivity index (χ0) is 13.0. The molecule has 2 aliphatic heterocycles. The SMILES string of the molecule is FC(F)(F)C1=CCNC(N[C@@H]2CCCNC2)C=C1. The number of allylic oxidation sites excluding steroid dienone is 2. The fourth-order valence-electron chi connectivity index (χ4n) is 2.20. The molecule has 0 amide bonds. The van der Waals surface area contributed by atoms with Crippen LogP contribution in [0.15, 0.2) is 23.8 Å². The average molecular weight is 261 g/mol. The number of halogens is 3. The third kappa shape index (κ3) is 3.83. The maximum atomic E-state index is 12.5. The summed E-state index contributed by atoms with van der Waals surface area (Å²) in [6.07, 6.45) is 1.55. The maximum absolute atomic E-state index is 12.5. The van der Waals surface area contributed by atoms with Gasteiger partial charge in [0.25, 0.3) is 0 Å². The van der Waals surface area contributed by atoms with Gasteiger partial charge in [-0.1, -0.05) is 18.2 Å². The minimum absolute atomic E-state index is 0.203. The second kappa shape index (κ2) is 5.86. The Morgan fingerprint density at radius 3 is 2.83 bits per heavy atom. The Labute approximate surface area is 105 Å². The molecule has 1 saturated heterocycles. The van der Waals surface area contributed by atoms with E-state index in [1.54, 1.807) is 6.08 Å². The summed E-state index contributed by atoms with van der Waals surface area (Å²) in [4.78, 5) is 0. The van der Waals surface area contributed by atoms with Gasteiger partial charge in [-0.2, -0.15) is 13.2 Å². The van der Waals surface area contributed by atoms with Crippen LogP contribution in [0.2, 0.25) is 0 Å². The Morgan fingerprint density at radius 2 is 2.17 bits per heavy atom. The molecule has 3 nitrogen and oxygen atoms in total. The Kier molecular flexibility index (Phi) is 4.42. The van der Waals surface area contributed by atoms with Crippen molar-refractivity contribution >= 4 is 0 Å². The van der Waals surface area contributed by atoms with E-state index < -0.39 is 11.7 Å². The average Bonchev–Trinajstić information content (AvgIpc) is 2.55. The van der Waals surface area contributed by atoms with Gasteiger partial charge in [0, 0.05) is 19.1 Å². The van der Waals surface area contributed by atoms with Crippen molar-refractivity contribution in [2.24, 2.45) is 0 Å². The summed E-state index contributed by atoms with van der Waals surface area (Å²) in [5.41, 5.74) is -0.582. The molecular weight excluding hydrogens is 243 g/mol. The molecule has 0 spiro atoms. The van der Waals surface area contributed by atoms with Crippen molar-refractivity contribution in [1.29, 1.82) is 0 Å². The van der Waals surface area contributed by atoms with Crippen molar-refractivity contribution in [3.8, 4) is 0 Å². The highest BCUT2D eigenvalue weighted by Gasteiger charge is 2.32. The highest BCUT2D eigenvalue weighted by Crippen LogP contribution is 2.26. The molecule has 0 saturated carbocycles. The number of alkyl halides is 3.